The van der Waals surface area contributed by atoms with Gasteiger partial charge in [0, 0.05) is 0 Å². The molecule has 3 nitrogen and oxygen atoms in total. The molecular formula is C8H8O3. The van der Waals surface area contributed by atoms with Gasteiger partial charge in [-0.2, -0.15) is 0 Å². The summed E-state index contributed by atoms with van der Waals surface area (Å²) in [7, 11) is 0. The van der Waals surface area contributed by atoms with E-state index in [9.17, 15) is 0 Å². The van der Waals surface area contributed by atoms with Crippen molar-refractivity contribution in [1.29, 1.82) is 0 Å². The van der Waals surface area contributed by atoms with Crippen LogP contribution in [-0.2, 0) is 14.2 Å². The Hall–Kier alpha value is -0.960. The molecule has 3 rings (SSSR count). The van der Waals surface area contributed by atoms with Gasteiger partial charge in [0.25, 0.3) is 0 Å². The van der Waals surface area contributed by atoms with Gasteiger partial charge in [0.2, 0.25) is 12.6 Å². The van der Waals surface area contributed by atoms with Gasteiger partial charge in [-0.1, -0.05) is 0 Å². The largest absolute Gasteiger partial charge is 0.472 e. The molecule has 3 aliphatic rings. The van der Waals surface area contributed by atoms with E-state index < -0.39 is 0 Å². The Kier molecular flexibility index (Phi) is 0.924. The first kappa shape index (κ1) is 5.66. The van der Waals surface area contributed by atoms with Crippen molar-refractivity contribution in [3.8, 4) is 0 Å². The fraction of sp³-hybridized carbons (Fsp3) is 0.500. The Balaban J connectivity index is 1.94. The van der Waals surface area contributed by atoms with Crippen LogP contribution in [0.4, 0.5) is 0 Å². The van der Waals surface area contributed by atoms with Crippen LogP contribution in [-0.4, -0.2) is 12.6 Å². The van der Waals surface area contributed by atoms with E-state index in [0.717, 1.165) is 0 Å². The monoisotopic (exact) mass is 152 g/mol. The van der Waals surface area contributed by atoms with Gasteiger partial charge < -0.3 is 14.2 Å². The first-order chi connectivity index (χ1) is 5.45. The van der Waals surface area contributed by atoms with E-state index in [2.05, 4.69) is 0 Å². The standard InChI is InChI=1S/C8H8O3/c1-3-9-7-5(1)6-2-4-10-8(6)11-7/h1-8H/t5-,6-,7+,8+/m0/s1. The van der Waals surface area contributed by atoms with Crippen LogP contribution < -0.4 is 0 Å². The molecule has 3 aliphatic heterocycles. The average Bonchev–Trinajstić information content (AvgIpc) is 2.52. The number of hydrogen-bond donors (Lipinski definition) is 0. The molecule has 0 saturated carbocycles. The minimum Gasteiger partial charge on any atom is -0.472 e. The van der Waals surface area contributed by atoms with Gasteiger partial charge in [0.1, 0.15) is 0 Å². The lowest BCUT2D eigenvalue weighted by molar-refractivity contribution is -0.166. The van der Waals surface area contributed by atoms with Crippen molar-refractivity contribution in [2.24, 2.45) is 11.8 Å². The fourth-order valence-electron chi connectivity index (χ4n) is 1.79. The number of hydrogen-bond acceptors (Lipinski definition) is 3. The number of rotatable bonds is 0. The molecule has 1 fully saturated rings. The lowest BCUT2D eigenvalue weighted by Gasteiger charge is -2.09. The van der Waals surface area contributed by atoms with Crippen LogP contribution in [0, 0.1) is 11.8 Å². The summed E-state index contributed by atoms with van der Waals surface area (Å²) in [5, 5.41) is 0. The molecule has 3 heteroatoms. The lowest BCUT2D eigenvalue weighted by Crippen LogP contribution is -2.13. The molecule has 0 spiro atoms. The van der Waals surface area contributed by atoms with E-state index in [-0.39, 0.29) is 12.6 Å². The summed E-state index contributed by atoms with van der Waals surface area (Å²) in [6, 6.07) is 0. The van der Waals surface area contributed by atoms with Crippen molar-refractivity contribution >= 4 is 0 Å². The first-order valence-electron chi connectivity index (χ1n) is 3.75. The van der Waals surface area contributed by atoms with Gasteiger partial charge >= 0.3 is 0 Å². The van der Waals surface area contributed by atoms with Gasteiger partial charge in [-0.3, -0.25) is 0 Å². The molecule has 0 radical (unpaired) electrons. The van der Waals surface area contributed by atoms with Crippen molar-refractivity contribution in [1.82, 2.24) is 0 Å². The maximum absolute atomic E-state index is 5.44. The number of fused-ring (bicyclic) bond motifs is 3. The summed E-state index contributed by atoms with van der Waals surface area (Å²) >= 11 is 0. The Morgan fingerprint density at radius 1 is 0.818 bits per heavy atom. The van der Waals surface area contributed by atoms with Crippen LogP contribution in [0.25, 0.3) is 0 Å². The van der Waals surface area contributed by atoms with E-state index in [4.69, 9.17) is 14.2 Å². The predicted molar refractivity (Wildman–Crippen MR) is 36.1 cm³/mol. The zero-order chi connectivity index (χ0) is 7.26. The van der Waals surface area contributed by atoms with Crippen molar-refractivity contribution in [2.45, 2.75) is 12.6 Å². The van der Waals surface area contributed by atoms with Crippen LogP contribution in [0.3, 0.4) is 0 Å². The highest BCUT2D eigenvalue weighted by Gasteiger charge is 2.48. The van der Waals surface area contributed by atoms with Crippen molar-refractivity contribution in [2.75, 3.05) is 0 Å². The molecule has 0 aromatic rings. The highest BCUT2D eigenvalue weighted by Crippen LogP contribution is 2.41. The molecule has 0 bridgehead atoms. The average molecular weight is 152 g/mol. The highest BCUT2D eigenvalue weighted by atomic mass is 16.8. The van der Waals surface area contributed by atoms with Crippen LogP contribution in [0.5, 0.6) is 0 Å². The Bertz CT molecular complexity index is 209. The van der Waals surface area contributed by atoms with Gasteiger partial charge in [-0.25, -0.2) is 0 Å². The molecule has 0 aliphatic carbocycles. The lowest BCUT2D eigenvalue weighted by atomic mass is 9.96. The van der Waals surface area contributed by atoms with E-state index in [1.165, 1.54) is 0 Å². The highest BCUT2D eigenvalue weighted by molar-refractivity contribution is 5.09. The van der Waals surface area contributed by atoms with Gasteiger partial charge in [0.05, 0.1) is 24.4 Å². The third-order valence-electron chi connectivity index (χ3n) is 2.37. The molecule has 0 aromatic heterocycles. The van der Waals surface area contributed by atoms with E-state index in [1.807, 2.05) is 12.2 Å². The molecule has 0 N–H and O–H groups in total. The topological polar surface area (TPSA) is 27.7 Å². The second-order valence-electron chi connectivity index (χ2n) is 2.96. The van der Waals surface area contributed by atoms with Crippen molar-refractivity contribution in [3.63, 3.8) is 0 Å². The second-order valence-corrected chi connectivity index (χ2v) is 2.96. The van der Waals surface area contributed by atoms with Gasteiger partial charge in [0.15, 0.2) is 0 Å². The minimum absolute atomic E-state index is 0.102. The molecular weight excluding hydrogens is 144 g/mol. The fourth-order valence-corrected chi connectivity index (χ4v) is 1.79. The second kappa shape index (κ2) is 1.80. The molecule has 3 heterocycles. The molecule has 58 valence electrons. The van der Waals surface area contributed by atoms with Gasteiger partial charge in [-0.15, -0.1) is 0 Å². The smallest absolute Gasteiger partial charge is 0.209 e. The van der Waals surface area contributed by atoms with Crippen LogP contribution >= 0.6 is 0 Å². The van der Waals surface area contributed by atoms with E-state index in [1.54, 1.807) is 12.5 Å². The predicted octanol–water partition coefficient (Wildman–Crippen LogP) is 0.989. The zero-order valence-corrected chi connectivity index (χ0v) is 5.84. The number of ether oxygens (including phenoxy) is 3. The van der Waals surface area contributed by atoms with E-state index in [0.29, 0.717) is 11.8 Å². The minimum atomic E-state index is -0.102. The zero-order valence-electron chi connectivity index (χ0n) is 5.84. The third-order valence-corrected chi connectivity index (χ3v) is 2.37. The maximum Gasteiger partial charge on any atom is 0.209 e. The first-order valence-corrected chi connectivity index (χ1v) is 3.75. The van der Waals surface area contributed by atoms with Crippen molar-refractivity contribution in [3.05, 3.63) is 24.7 Å². The molecule has 1 saturated heterocycles. The molecule has 0 amide bonds. The van der Waals surface area contributed by atoms with Crippen LogP contribution in [0.15, 0.2) is 24.7 Å². The third kappa shape index (κ3) is 0.613. The normalized spacial score (nSPS) is 50.2. The summed E-state index contributed by atoms with van der Waals surface area (Å²) in [5.74, 6) is 0.720. The summed E-state index contributed by atoms with van der Waals surface area (Å²) < 4.78 is 15.8. The molecule has 4 atom stereocenters. The molecule has 11 heavy (non-hydrogen) atoms. The summed E-state index contributed by atoms with van der Waals surface area (Å²) in [6.45, 7) is 0. The SMILES string of the molecule is C1=C[C@@H]2[C@H](O1)O[C@H]1OC=C[C@H]12. The Morgan fingerprint density at radius 3 is 1.91 bits per heavy atom. The summed E-state index contributed by atoms with van der Waals surface area (Å²) in [6.07, 6.45) is 7.28. The Morgan fingerprint density at radius 2 is 1.36 bits per heavy atom. The van der Waals surface area contributed by atoms with Gasteiger partial charge in [-0.05, 0) is 12.2 Å². The molecule has 0 unspecified atom stereocenters. The molecule has 0 aromatic carbocycles. The van der Waals surface area contributed by atoms with Crippen molar-refractivity contribution < 1.29 is 14.2 Å². The quantitative estimate of drug-likeness (QED) is 0.518. The Labute approximate surface area is 64.2 Å². The van der Waals surface area contributed by atoms with E-state index >= 15 is 0 Å². The maximum atomic E-state index is 5.44. The van der Waals surface area contributed by atoms with Crippen LogP contribution in [0.2, 0.25) is 0 Å². The van der Waals surface area contributed by atoms with Crippen LogP contribution in [0.1, 0.15) is 0 Å². The summed E-state index contributed by atoms with van der Waals surface area (Å²) in [4.78, 5) is 0. The summed E-state index contributed by atoms with van der Waals surface area (Å²) in [5.41, 5.74) is 0.